The van der Waals surface area contributed by atoms with Crippen molar-refractivity contribution in [3.8, 4) is 0 Å². The highest BCUT2D eigenvalue weighted by Gasteiger charge is 2.12. The van der Waals surface area contributed by atoms with Gasteiger partial charge in [0.25, 0.3) is 0 Å². The normalized spacial score (nSPS) is 10.3. The predicted octanol–water partition coefficient (Wildman–Crippen LogP) is 3.84. The first kappa shape index (κ1) is 17.4. The predicted molar refractivity (Wildman–Crippen MR) is 99.3 cm³/mol. The second-order valence-corrected chi connectivity index (χ2v) is 5.82. The molecule has 0 aliphatic heterocycles. The molecule has 0 atom stereocenters. The summed E-state index contributed by atoms with van der Waals surface area (Å²) in [6.45, 7) is 1.07. The van der Waals surface area contributed by atoms with Crippen LogP contribution < -0.4 is 5.32 Å². The van der Waals surface area contributed by atoms with Gasteiger partial charge in [-0.25, -0.2) is 4.79 Å². The lowest BCUT2D eigenvalue weighted by molar-refractivity contribution is -0.114. The van der Waals surface area contributed by atoms with Crippen LogP contribution in [0.2, 0.25) is 0 Å². The molecule has 5 nitrogen and oxygen atoms in total. The van der Waals surface area contributed by atoms with Gasteiger partial charge < -0.3 is 10.1 Å². The van der Waals surface area contributed by atoms with Crippen LogP contribution in [-0.4, -0.2) is 24.3 Å². The summed E-state index contributed by atoms with van der Waals surface area (Å²) in [7, 11) is 0. The molecule has 3 rings (SSSR count). The van der Waals surface area contributed by atoms with Crippen LogP contribution in [0.5, 0.6) is 0 Å². The molecule has 0 heterocycles. The Morgan fingerprint density at radius 1 is 0.846 bits per heavy atom. The Bertz CT molecular complexity index is 977. The smallest absolute Gasteiger partial charge is 0.338 e. The van der Waals surface area contributed by atoms with Crippen LogP contribution in [0.25, 0.3) is 10.8 Å². The third kappa shape index (κ3) is 4.13. The number of carbonyl (C=O) groups is 3. The number of anilines is 1. The first-order chi connectivity index (χ1) is 12.5. The standard InChI is InChI=1S/C21H17NO4/c1-14(23)22-19-10-8-16(9-11-19)20(24)13-26-21(25)18-7-6-15-4-2-3-5-17(15)12-18/h2-12H,13H2,1H3,(H,22,23). The van der Waals surface area contributed by atoms with Gasteiger partial charge in [0.1, 0.15) is 0 Å². The monoisotopic (exact) mass is 347 g/mol. The van der Waals surface area contributed by atoms with Gasteiger partial charge in [-0.05, 0) is 47.2 Å². The van der Waals surface area contributed by atoms with Crippen molar-refractivity contribution in [1.29, 1.82) is 0 Å². The zero-order chi connectivity index (χ0) is 18.5. The van der Waals surface area contributed by atoms with Crippen molar-refractivity contribution in [2.75, 3.05) is 11.9 Å². The Morgan fingerprint density at radius 3 is 2.19 bits per heavy atom. The van der Waals surface area contributed by atoms with Crippen molar-refractivity contribution in [1.82, 2.24) is 0 Å². The van der Waals surface area contributed by atoms with Gasteiger partial charge >= 0.3 is 5.97 Å². The van der Waals surface area contributed by atoms with E-state index in [-0.39, 0.29) is 18.3 Å². The maximum Gasteiger partial charge on any atom is 0.338 e. The van der Waals surface area contributed by atoms with Crippen molar-refractivity contribution in [2.45, 2.75) is 6.92 Å². The molecule has 5 heteroatoms. The average molecular weight is 347 g/mol. The van der Waals surface area contributed by atoms with Crippen molar-refractivity contribution in [3.05, 3.63) is 77.9 Å². The summed E-state index contributed by atoms with van der Waals surface area (Å²) in [5.41, 5.74) is 1.41. The molecule has 0 spiro atoms. The fourth-order valence-electron chi connectivity index (χ4n) is 2.56. The van der Waals surface area contributed by atoms with Crippen LogP contribution in [0.3, 0.4) is 0 Å². The second-order valence-electron chi connectivity index (χ2n) is 5.82. The molecule has 130 valence electrons. The van der Waals surface area contributed by atoms with Crippen molar-refractivity contribution in [2.24, 2.45) is 0 Å². The first-order valence-electron chi connectivity index (χ1n) is 8.10. The van der Waals surface area contributed by atoms with Gasteiger partial charge in [-0.1, -0.05) is 30.3 Å². The zero-order valence-electron chi connectivity index (χ0n) is 14.2. The molecule has 26 heavy (non-hydrogen) atoms. The van der Waals surface area contributed by atoms with Crippen LogP contribution in [0.1, 0.15) is 27.6 Å². The number of fused-ring (bicyclic) bond motifs is 1. The maximum atomic E-state index is 12.2. The SMILES string of the molecule is CC(=O)Nc1ccc(C(=O)COC(=O)c2ccc3ccccc3c2)cc1. The summed E-state index contributed by atoms with van der Waals surface area (Å²) in [6.07, 6.45) is 0. The molecule has 0 radical (unpaired) electrons. The maximum absolute atomic E-state index is 12.2. The fraction of sp³-hybridized carbons (Fsp3) is 0.0952. The van der Waals surface area contributed by atoms with E-state index >= 15 is 0 Å². The number of rotatable bonds is 5. The second kappa shape index (κ2) is 7.61. The van der Waals surface area contributed by atoms with E-state index in [0.29, 0.717) is 16.8 Å². The van der Waals surface area contributed by atoms with Crippen LogP contribution in [0.4, 0.5) is 5.69 Å². The Labute approximate surface area is 150 Å². The van der Waals surface area contributed by atoms with Gasteiger partial charge in [0.2, 0.25) is 5.91 Å². The average Bonchev–Trinajstić information content (AvgIpc) is 2.65. The quantitative estimate of drug-likeness (QED) is 0.562. The summed E-state index contributed by atoms with van der Waals surface area (Å²) >= 11 is 0. The molecule has 0 fully saturated rings. The van der Waals surface area contributed by atoms with E-state index < -0.39 is 5.97 Å². The Morgan fingerprint density at radius 2 is 1.50 bits per heavy atom. The van der Waals surface area contributed by atoms with Crippen molar-refractivity contribution >= 4 is 34.1 Å². The lowest BCUT2D eigenvalue weighted by Gasteiger charge is -2.07. The summed E-state index contributed by atoms with van der Waals surface area (Å²) in [4.78, 5) is 35.3. The highest BCUT2D eigenvalue weighted by molar-refractivity contribution is 6.01. The number of hydrogen-bond acceptors (Lipinski definition) is 4. The van der Waals surface area contributed by atoms with Gasteiger partial charge in [-0.3, -0.25) is 9.59 Å². The topological polar surface area (TPSA) is 72.5 Å². The third-order valence-corrected chi connectivity index (χ3v) is 3.85. The third-order valence-electron chi connectivity index (χ3n) is 3.85. The number of carbonyl (C=O) groups excluding carboxylic acids is 3. The van der Waals surface area contributed by atoms with E-state index in [0.717, 1.165) is 10.8 Å². The molecular weight excluding hydrogens is 330 g/mol. The molecular formula is C21H17NO4. The minimum absolute atomic E-state index is 0.187. The van der Waals surface area contributed by atoms with Crippen LogP contribution >= 0.6 is 0 Å². The molecule has 1 amide bonds. The van der Waals surface area contributed by atoms with Gasteiger partial charge in [0.15, 0.2) is 12.4 Å². The van der Waals surface area contributed by atoms with E-state index in [2.05, 4.69) is 5.32 Å². The number of hydrogen-bond donors (Lipinski definition) is 1. The van der Waals surface area contributed by atoms with E-state index in [1.54, 1.807) is 36.4 Å². The van der Waals surface area contributed by atoms with Gasteiger partial charge in [0, 0.05) is 18.2 Å². The molecule has 0 bridgehead atoms. The van der Waals surface area contributed by atoms with E-state index in [1.807, 2.05) is 30.3 Å². The highest BCUT2D eigenvalue weighted by Crippen LogP contribution is 2.16. The Kier molecular flexibility index (Phi) is 5.08. The minimum Gasteiger partial charge on any atom is -0.454 e. The zero-order valence-corrected chi connectivity index (χ0v) is 14.2. The summed E-state index contributed by atoms with van der Waals surface area (Å²) in [5, 5.41) is 4.58. The fourth-order valence-corrected chi connectivity index (χ4v) is 2.56. The summed E-state index contributed by atoms with van der Waals surface area (Å²) < 4.78 is 5.13. The van der Waals surface area contributed by atoms with Gasteiger partial charge in [0.05, 0.1) is 5.56 Å². The highest BCUT2D eigenvalue weighted by atomic mass is 16.5. The number of nitrogens with one attached hydrogen (secondary N) is 1. The van der Waals surface area contributed by atoms with E-state index in [4.69, 9.17) is 4.74 Å². The van der Waals surface area contributed by atoms with Crippen LogP contribution in [0, 0.1) is 0 Å². The molecule has 0 aliphatic rings. The number of benzene rings is 3. The molecule has 0 aromatic heterocycles. The van der Waals surface area contributed by atoms with E-state index in [1.165, 1.54) is 6.92 Å². The molecule has 3 aromatic carbocycles. The lowest BCUT2D eigenvalue weighted by Crippen LogP contribution is -2.14. The largest absolute Gasteiger partial charge is 0.454 e. The number of ether oxygens (including phenoxy) is 1. The van der Waals surface area contributed by atoms with Gasteiger partial charge in [-0.15, -0.1) is 0 Å². The Balaban J connectivity index is 1.62. The molecule has 0 unspecified atom stereocenters. The van der Waals surface area contributed by atoms with E-state index in [9.17, 15) is 14.4 Å². The van der Waals surface area contributed by atoms with Crippen molar-refractivity contribution in [3.63, 3.8) is 0 Å². The molecule has 0 saturated carbocycles. The molecule has 3 aromatic rings. The number of Topliss-reactive ketones (excluding diaryl/α,β-unsaturated/α-hetero) is 1. The van der Waals surface area contributed by atoms with Crippen LogP contribution in [-0.2, 0) is 9.53 Å². The molecule has 1 N–H and O–H groups in total. The first-order valence-corrected chi connectivity index (χ1v) is 8.10. The summed E-state index contributed by atoms with van der Waals surface area (Å²) in [6, 6.07) is 19.4. The van der Waals surface area contributed by atoms with Gasteiger partial charge in [-0.2, -0.15) is 0 Å². The van der Waals surface area contributed by atoms with Crippen LogP contribution in [0.15, 0.2) is 66.7 Å². The number of esters is 1. The minimum atomic E-state index is -0.543. The molecule has 0 aliphatic carbocycles. The lowest BCUT2D eigenvalue weighted by atomic mass is 10.1. The summed E-state index contributed by atoms with van der Waals surface area (Å²) in [5.74, 6) is -1.04. The number of ketones is 1. The Hall–Kier alpha value is -3.47. The number of amides is 1. The van der Waals surface area contributed by atoms with Crippen molar-refractivity contribution < 1.29 is 19.1 Å². The molecule has 0 saturated heterocycles.